The molecule has 0 heterocycles. The van der Waals surface area contributed by atoms with E-state index < -0.39 is 5.60 Å². The molecular formula is C13H26N2O2. The lowest BCUT2D eigenvalue weighted by Gasteiger charge is -2.43. The Hall–Kier alpha value is -0.770. The molecule has 1 rings (SSSR count). The topological polar surface area (TPSA) is 50.4 Å². The molecule has 2 N–H and O–H groups in total. The van der Waals surface area contributed by atoms with Crippen LogP contribution in [0.5, 0.6) is 0 Å². The van der Waals surface area contributed by atoms with Crippen molar-refractivity contribution in [3.05, 3.63) is 0 Å². The number of nitrogens with one attached hydrogen (secondary N) is 2. The van der Waals surface area contributed by atoms with Crippen LogP contribution in [0, 0.1) is 5.41 Å². The maximum absolute atomic E-state index is 11.3. The van der Waals surface area contributed by atoms with E-state index in [9.17, 15) is 4.79 Å². The summed E-state index contributed by atoms with van der Waals surface area (Å²) in [5.41, 5.74) is 0.0752. The number of hydrogen-bond acceptors (Lipinski definition) is 3. The van der Waals surface area contributed by atoms with E-state index in [0.29, 0.717) is 18.0 Å². The van der Waals surface area contributed by atoms with Crippen LogP contribution in [0.4, 0.5) is 4.79 Å². The molecule has 0 aromatic rings. The summed E-state index contributed by atoms with van der Waals surface area (Å²) < 4.78 is 5.14. The van der Waals surface area contributed by atoms with E-state index in [4.69, 9.17) is 4.74 Å². The fourth-order valence-corrected chi connectivity index (χ4v) is 2.17. The van der Waals surface area contributed by atoms with Crippen molar-refractivity contribution < 1.29 is 9.53 Å². The second-order valence-corrected chi connectivity index (χ2v) is 6.65. The smallest absolute Gasteiger partial charge is 0.407 e. The average Bonchev–Trinajstić information content (AvgIpc) is 2.05. The van der Waals surface area contributed by atoms with Crippen LogP contribution in [0.15, 0.2) is 0 Å². The van der Waals surface area contributed by atoms with Crippen LogP contribution >= 0.6 is 0 Å². The second kappa shape index (κ2) is 5.25. The molecule has 0 aromatic heterocycles. The van der Waals surface area contributed by atoms with Gasteiger partial charge in [0.25, 0.3) is 0 Å². The Balaban J connectivity index is 2.00. The Kier molecular flexibility index (Phi) is 4.42. The molecule has 0 spiro atoms. The largest absolute Gasteiger partial charge is 0.444 e. The SMILES string of the molecule is CC1(C)CC(NCCNC(=O)OC(C)(C)C)C1. The molecule has 0 saturated heterocycles. The summed E-state index contributed by atoms with van der Waals surface area (Å²) in [7, 11) is 0. The number of carbonyl (C=O) groups is 1. The highest BCUT2D eigenvalue weighted by atomic mass is 16.6. The third-order valence-corrected chi connectivity index (χ3v) is 2.82. The Bertz CT molecular complexity index is 261. The monoisotopic (exact) mass is 242 g/mol. The lowest BCUT2D eigenvalue weighted by atomic mass is 9.68. The minimum Gasteiger partial charge on any atom is -0.444 e. The van der Waals surface area contributed by atoms with Crippen molar-refractivity contribution in [1.29, 1.82) is 0 Å². The van der Waals surface area contributed by atoms with Gasteiger partial charge >= 0.3 is 6.09 Å². The Morgan fingerprint density at radius 2 is 1.88 bits per heavy atom. The summed E-state index contributed by atoms with van der Waals surface area (Å²) in [5.74, 6) is 0. The zero-order chi connectivity index (χ0) is 13.1. The lowest BCUT2D eigenvalue weighted by molar-refractivity contribution is 0.0524. The molecule has 0 radical (unpaired) electrons. The van der Waals surface area contributed by atoms with Gasteiger partial charge in [-0.2, -0.15) is 0 Å². The zero-order valence-corrected chi connectivity index (χ0v) is 11.7. The third kappa shape index (κ3) is 5.91. The molecular weight excluding hydrogens is 216 g/mol. The van der Waals surface area contributed by atoms with Gasteiger partial charge < -0.3 is 15.4 Å². The van der Waals surface area contributed by atoms with Crippen molar-refractivity contribution in [2.75, 3.05) is 13.1 Å². The molecule has 4 nitrogen and oxygen atoms in total. The second-order valence-electron chi connectivity index (χ2n) is 6.65. The van der Waals surface area contributed by atoms with Crippen LogP contribution in [-0.4, -0.2) is 30.8 Å². The normalized spacial score (nSPS) is 19.6. The molecule has 1 aliphatic carbocycles. The van der Waals surface area contributed by atoms with E-state index >= 15 is 0 Å². The van der Waals surface area contributed by atoms with Crippen LogP contribution in [0.1, 0.15) is 47.5 Å². The van der Waals surface area contributed by atoms with Crippen LogP contribution in [0.25, 0.3) is 0 Å². The molecule has 0 aromatic carbocycles. The Morgan fingerprint density at radius 3 is 2.35 bits per heavy atom. The zero-order valence-electron chi connectivity index (χ0n) is 11.7. The molecule has 1 aliphatic rings. The molecule has 100 valence electrons. The maximum Gasteiger partial charge on any atom is 0.407 e. The van der Waals surface area contributed by atoms with Crippen molar-refractivity contribution in [2.45, 2.75) is 59.1 Å². The van der Waals surface area contributed by atoms with Crippen LogP contribution in [-0.2, 0) is 4.74 Å². The first-order valence-electron chi connectivity index (χ1n) is 6.38. The number of rotatable bonds is 4. The van der Waals surface area contributed by atoms with E-state index in [1.165, 1.54) is 12.8 Å². The minimum atomic E-state index is -0.421. The van der Waals surface area contributed by atoms with Gasteiger partial charge in [-0.05, 0) is 39.0 Å². The van der Waals surface area contributed by atoms with Crippen LogP contribution in [0.2, 0.25) is 0 Å². The van der Waals surface area contributed by atoms with Crippen molar-refractivity contribution >= 4 is 6.09 Å². The van der Waals surface area contributed by atoms with Gasteiger partial charge in [0.1, 0.15) is 5.60 Å². The van der Waals surface area contributed by atoms with Gasteiger partial charge in [0.05, 0.1) is 0 Å². The highest BCUT2D eigenvalue weighted by molar-refractivity contribution is 5.67. The van der Waals surface area contributed by atoms with Gasteiger partial charge in [-0.3, -0.25) is 0 Å². The Labute approximate surface area is 104 Å². The van der Waals surface area contributed by atoms with Gasteiger partial charge in [0.15, 0.2) is 0 Å². The summed E-state index contributed by atoms with van der Waals surface area (Å²) in [6, 6.07) is 0.616. The van der Waals surface area contributed by atoms with E-state index in [0.717, 1.165) is 6.54 Å². The maximum atomic E-state index is 11.3. The van der Waals surface area contributed by atoms with Crippen molar-refractivity contribution in [1.82, 2.24) is 10.6 Å². The third-order valence-electron chi connectivity index (χ3n) is 2.82. The van der Waals surface area contributed by atoms with Gasteiger partial charge in [0, 0.05) is 19.1 Å². The summed E-state index contributed by atoms with van der Waals surface area (Å²) >= 11 is 0. The molecule has 1 saturated carbocycles. The first-order chi connectivity index (χ1) is 7.68. The molecule has 1 amide bonds. The molecule has 0 bridgehead atoms. The number of amides is 1. The fourth-order valence-electron chi connectivity index (χ4n) is 2.17. The number of ether oxygens (including phenoxy) is 1. The van der Waals surface area contributed by atoms with Gasteiger partial charge in [-0.15, -0.1) is 0 Å². The summed E-state index contributed by atoms with van der Waals surface area (Å²) in [6.07, 6.45) is 2.10. The average molecular weight is 242 g/mol. The standard InChI is InChI=1S/C13H26N2O2/c1-12(2,3)17-11(16)15-7-6-14-10-8-13(4,5)9-10/h10,14H,6-9H2,1-5H3,(H,15,16). The van der Waals surface area contributed by atoms with E-state index in [1.807, 2.05) is 20.8 Å². The number of hydrogen-bond donors (Lipinski definition) is 2. The van der Waals surface area contributed by atoms with E-state index in [2.05, 4.69) is 24.5 Å². The van der Waals surface area contributed by atoms with Crippen LogP contribution < -0.4 is 10.6 Å². The Morgan fingerprint density at radius 1 is 1.29 bits per heavy atom. The highest BCUT2D eigenvalue weighted by Gasteiger charge is 2.35. The number of alkyl carbamates (subject to hydrolysis) is 1. The number of carbonyl (C=O) groups excluding carboxylic acids is 1. The van der Waals surface area contributed by atoms with Crippen LogP contribution in [0.3, 0.4) is 0 Å². The van der Waals surface area contributed by atoms with E-state index in [-0.39, 0.29) is 6.09 Å². The van der Waals surface area contributed by atoms with Gasteiger partial charge in [-0.1, -0.05) is 13.8 Å². The predicted molar refractivity (Wildman–Crippen MR) is 69.0 cm³/mol. The molecule has 0 atom stereocenters. The summed E-state index contributed by atoms with van der Waals surface area (Å²) in [5, 5.41) is 6.16. The van der Waals surface area contributed by atoms with Crippen molar-refractivity contribution in [3.8, 4) is 0 Å². The van der Waals surface area contributed by atoms with E-state index in [1.54, 1.807) is 0 Å². The highest BCUT2D eigenvalue weighted by Crippen LogP contribution is 2.39. The summed E-state index contributed by atoms with van der Waals surface area (Å²) in [4.78, 5) is 11.3. The fraction of sp³-hybridized carbons (Fsp3) is 0.923. The predicted octanol–water partition coefficient (Wildman–Crippen LogP) is 2.29. The molecule has 17 heavy (non-hydrogen) atoms. The minimum absolute atomic E-state index is 0.340. The van der Waals surface area contributed by atoms with Gasteiger partial charge in [0.2, 0.25) is 0 Å². The first-order valence-corrected chi connectivity index (χ1v) is 6.38. The van der Waals surface area contributed by atoms with Crippen molar-refractivity contribution in [2.24, 2.45) is 5.41 Å². The summed E-state index contributed by atoms with van der Waals surface area (Å²) in [6.45, 7) is 11.6. The molecule has 4 heteroatoms. The quantitative estimate of drug-likeness (QED) is 0.744. The van der Waals surface area contributed by atoms with Crippen molar-refractivity contribution in [3.63, 3.8) is 0 Å². The van der Waals surface area contributed by atoms with Gasteiger partial charge in [-0.25, -0.2) is 4.79 Å². The molecule has 0 aliphatic heterocycles. The molecule has 1 fully saturated rings. The molecule has 0 unspecified atom stereocenters. The first kappa shape index (κ1) is 14.3. The lowest BCUT2D eigenvalue weighted by Crippen LogP contribution is -2.48.